The van der Waals surface area contributed by atoms with Crippen molar-refractivity contribution < 1.29 is 0 Å². The zero-order valence-electron chi connectivity index (χ0n) is 12.5. The van der Waals surface area contributed by atoms with Crippen molar-refractivity contribution in [3.63, 3.8) is 0 Å². The van der Waals surface area contributed by atoms with Crippen LogP contribution >= 0.6 is 0 Å². The number of hydrogen-bond acceptors (Lipinski definition) is 1. The first-order valence-electron chi connectivity index (χ1n) is 8.12. The predicted octanol–water partition coefficient (Wildman–Crippen LogP) is 4.54. The standard InChI is InChI=1S/C17H31N/c1-4-15-8-9-17-16(12-13(2)11-15)14(3)7-5-6-10-18-17/h8,13-14,16-18H,4-7,9-12H2,1-3H3. The lowest BCUT2D eigenvalue weighted by atomic mass is 9.74. The Hall–Kier alpha value is -0.300. The van der Waals surface area contributed by atoms with E-state index in [2.05, 4.69) is 32.2 Å². The van der Waals surface area contributed by atoms with E-state index < -0.39 is 0 Å². The number of nitrogens with one attached hydrogen (secondary N) is 1. The SMILES string of the molecule is CCC1=CCC2NCCCCC(C)C2CC(C)C1. The van der Waals surface area contributed by atoms with Crippen LogP contribution in [0.5, 0.6) is 0 Å². The molecule has 2 aliphatic rings. The van der Waals surface area contributed by atoms with Gasteiger partial charge in [0.05, 0.1) is 0 Å². The van der Waals surface area contributed by atoms with E-state index in [1.165, 1.54) is 51.5 Å². The highest BCUT2D eigenvalue weighted by atomic mass is 14.9. The summed E-state index contributed by atoms with van der Waals surface area (Å²) in [5, 5.41) is 3.84. The normalized spacial score (nSPS) is 38.7. The molecule has 104 valence electrons. The first kappa shape index (κ1) is 14.1. The first-order valence-corrected chi connectivity index (χ1v) is 8.12. The smallest absolute Gasteiger partial charge is 0.0133 e. The fraction of sp³-hybridized carbons (Fsp3) is 0.882. The summed E-state index contributed by atoms with van der Waals surface area (Å²) < 4.78 is 0. The minimum atomic E-state index is 0.740. The molecule has 0 aromatic rings. The van der Waals surface area contributed by atoms with Gasteiger partial charge in [0.15, 0.2) is 0 Å². The summed E-state index contributed by atoms with van der Waals surface area (Å²) in [4.78, 5) is 0. The molecule has 2 rings (SSSR count). The second-order valence-corrected chi connectivity index (χ2v) is 6.69. The molecule has 1 N–H and O–H groups in total. The Morgan fingerprint density at radius 2 is 2.11 bits per heavy atom. The van der Waals surface area contributed by atoms with E-state index in [9.17, 15) is 0 Å². The van der Waals surface area contributed by atoms with Crippen molar-refractivity contribution in [3.8, 4) is 0 Å². The third-order valence-corrected chi connectivity index (χ3v) is 5.14. The molecule has 0 spiro atoms. The molecule has 4 atom stereocenters. The molecule has 0 aromatic heterocycles. The lowest BCUT2D eigenvalue weighted by Gasteiger charge is -2.37. The Bertz CT molecular complexity index is 281. The number of fused-ring (bicyclic) bond motifs is 1. The average Bonchev–Trinajstić information content (AvgIpc) is 2.33. The summed E-state index contributed by atoms with van der Waals surface area (Å²) >= 11 is 0. The second-order valence-electron chi connectivity index (χ2n) is 6.69. The summed E-state index contributed by atoms with van der Waals surface area (Å²) in [6, 6.07) is 0.740. The van der Waals surface area contributed by atoms with Gasteiger partial charge in [0, 0.05) is 6.04 Å². The molecule has 4 unspecified atom stereocenters. The van der Waals surface area contributed by atoms with Gasteiger partial charge in [0.2, 0.25) is 0 Å². The van der Waals surface area contributed by atoms with Gasteiger partial charge in [0.1, 0.15) is 0 Å². The summed E-state index contributed by atoms with van der Waals surface area (Å²) in [5.41, 5.74) is 1.69. The van der Waals surface area contributed by atoms with E-state index in [-0.39, 0.29) is 0 Å². The highest BCUT2D eigenvalue weighted by Gasteiger charge is 2.29. The largest absolute Gasteiger partial charge is 0.313 e. The van der Waals surface area contributed by atoms with Gasteiger partial charge in [0.25, 0.3) is 0 Å². The van der Waals surface area contributed by atoms with Crippen LogP contribution in [0.3, 0.4) is 0 Å². The second kappa shape index (κ2) is 6.75. The minimum Gasteiger partial charge on any atom is -0.313 e. The minimum absolute atomic E-state index is 0.740. The highest BCUT2D eigenvalue weighted by molar-refractivity contribution is 5.06. The molecule has 1 nitrogen and oxygen atoms in total. The number of rotatable bonds is 1. The molecule has 1 heterocycles. The topological polar surface area (TPSA) is 12.0 Å². The van der Waals surface area contributed by atoms with E-state index in [1.807, 2.05) is 0 Å². The summed E-state index contributed by atoms with van der Waals surface area (Å²) in [7, 11) is 0. The maximum Gasteiger partial charge on any atom is 0.0133 e. The van der Waals surface area contributed by atoms with Crippen LogP contribution in [-0.4, -0.2) is 12.6 Å². The lowest BCUT2D eigenvalue weighted by molar-refractivity contribution is 0.187. The molecule has 1 heteroatoms. The Morgan fingerprint density at radius 3 is 2.89 bits per heavy atom. The van der Waals surface area contributed by atoms with Crippen LogP contribution in [0.2, 0.25) is 0 Å². The van der Waals surface area contributed by atoms with Crippen molar-refractivity contribution in [1.29, 1.82) is 0 Å². The summed E-state index contributed by atoms with van der Waals surface area (Å²) in [5.74, 6) is 2.67. The van der Waals surface area contributed by atoms with Crippen molar-refractivity contribution in [2.24, 2.45) is 17.8 Å². The van der Waals surface area contributed by atoms with E-state index in [4.69, 9.17) is 0 Å². The molecular formula is C17H31N. The van der Waals surface area contributed by atoms with Gasteiger partial charge in [-0.2, -0.15) is 0 Å². The predicted molar refractivity (Wildman–Crippen MR) is 79.7 cm³/mol. The zero-order valence-corrected chi connectivity index (χ0v) is 12.5. The summed E-state index contributed by atoms with van der Waals surface area (Å²) in [6.07, 6.45) is 12.1. The van der Waals surface area contributed by atoms with Gasteiger partial charge in [-0.3, -0.25) is 0 Å². The third kappa shape index (κ3) is 3.60. The molecule has 0 saturated carbocycles. The molecule has 0 amide bonds. The quantitative estimate of drug-likeness (QED) is 0.673. The van der Waals surface area contributed by atoms with Crippen molar-refractivity contribution in [2.75, 3.05) is 6.54 Å². The van der Waals surface area contributed by atoms with Gasteiger partial charge in [-0.1, -0.05) is 45.3 Å². The van der Waals surface area contributed by atoms with Gasteiger partial charge < -0.3 is 5.32 Å². The van der Waals surface area contributed by atoms with Crippen LogP contribution in [0.4, 0.5) is 0 Å². The molecule has 18 heavy (non-hydrogen) atoms. The average molecular weight is 249 g/mol. The highest BCUT2D eigenvalue weighted by Crippen LogP contribution is 2.35. The van der Waals surface area contributed by atoms with Crippen LogP contribution in [0.1, 0.15) is 65.7 Å². The fourth-order valence-corrected chi connectivity index (χ4v) is 3.96. The zero-order chi connectivity index (χ0) is 13.0. The molecule has 0 bridgehead atoms. The van der Waals surface area contributed by atoms with Crippen molar-refractivity contribution in [3.05, 3.63) is 11.6 Å². The van der Waals surface area contributed by atoms with Gasteiger partial charge in [-0.25, -0.2) is 0 Å². The van der Waals surface area contributed by atoms with Gasteiger partial charge >= 0.3 is 0 Å². The maximum atomic E-state index is 3.84. The number of allylic oxidation sites excluding steroid dienone is 1. The molecule has 1 saturated heterocycles. The van der Waals surface area contributed by atoms with Crippen molar-refractivity contribution in [2.45, 2.75) is 71.8 Å². The molecule has 0 radical (unpaired) electrons. The van der Waals surface area contributed by atoms with Crippen LogP contribution in [0, 0.1) is 17.8 Å². The van der Waals surface area contributed by atoms with Crippen LogP contribution in [-0.2, 0) is 0 Å². The Balaban J connectivity index is 2.12. The molecule has 0 aromatic carbocycles. The monoisotopic (exact) mass is 249 g/mol. The number of hydrogen-bond donors (Lipinski definition) is 1. The fourth-order valence-electron chi connectivity index (χ4n) is 3.96. The van der Waals surface area contributed by atoms with Crippen molar-refractivity contribution in [1.82, 2.24) is 5.32 Å². The third-order valence-electron chi connectivity index (χ3n) is 5.14. The van der Waals surface area contributed by atoms with E-state index in [0.717, 1.165) is 23.8 Å². The van der Waals surface area contributed by atoms with E-state index >= 15 is 0 Å². The van der Waals surface area contributed by atoms with E-state index in [1.54, 1.807) is 5.57 Å². The van der Waals surface area contributed by atoms with E-state index in [0.29, 0.717) is 0 Å². The molecule has 1 aliphatic carbocycles. The molecule has 1 aliphatic heterocycles. The van der Waals surface area contributed by atoms with Crippen molar-refractivity contribution >= 4 is 0 Å². The van der Waals surface area contributed by atoms with Crippen LogP contribution in [0.25, 0.3) is 0 Å². The maximum absolute atomic E-state index is 3.84. The Kier molecular flexibility index (Phi) is 5.29. The van der Waals surface area contributed by atoms with Gasteiger partial charge in [-0.15, -0.1) is 0 Å². The van der Waals surface area contributed by atoms with Gasteiger partial charge in [-0.05, 0) is 56.4 Å². The first-order chi connectivity index (χ1) is 8.70. The molecular weight excluding hydrogens is 218 g/mol. The Morgan fingerprint density at radius 1 is 1.28 bits per heavy atom. The Labute approximate surface area is 113 Å². The summed E-state index contributed by atoms with van der Waals surface area (Å²) in [6.45, 7) is 8.49. The van der Waals surface area contributed by atoms with Crippen LogP contribution < -0.4 is 5.32 Å². The lowest BCUT2D eigenvalue weighted by Crippen LogP contribution is -2.42. The molecule has 1 fully saturated rings. The van der Waals surface area contributed by atoms with Crippen LogP contribution in [0.15, 0.2) is 11.6 Å².